The van der Waals surface area contributed by atoms with Crippen molar-refractivity contribution in [2.45, 2.75) is 44.4 Å². The summed E-state index contributed by atoms with van der Waals surface area (Å²) in [5, 5.41) is 2.85. The highest BCUT2D eigenvalue weighted by molar-refractivity contribution is 6.09. The van der Waals surface area contributed by atoms with Crippen LogP contribution in [0.1, 0.15) is 31.4 Å². The minimum absolute atomic E-state index is 0.0566. The van der Waals surface area contributed by atoms with Gasteiger partial charge in [0.2, 0.25) is 5.91 Å². The Morgan fingerprint density at radius 3 is 2.65 bits per heavy atom. The lowest BCUT2D eigenvalue weighted by atomic mass is 9.92. The summed E-state index contributed by atoms with van der Waals surface area (Å²) in [5.41, 5.74) is 0.909. The van der Waals surface area contributed by atoms with E-state index in [1.807, 2.05) is 38.1 Å². The van der Waals surface area contributed by atoms with Crippen molar-refractivity contribution in [2.24, 2.45) is 0 Å². The average molecular weight is 357 g/mol. The van der Waals surface area contributed by atoms with Gasteiger partial charge in [0, 0.05) is 13.1 Å². The molecule has 0 bridgehead atoms. The first-order chi connectivity index (χ1) is 12.4. The summed E-state index contributed by atoms with van der Waals surface area (Å²) in [6, 6.07) is 7.18. The van der Waals surface area contributed by atoms with Gasteiger partial charge in [-0.1, -0.05) is 24.3 Å². The summed E-state index contributed by atoms with van der Waals surface area (Å²) in [6.45, 7) is 4.54. The second-order valence-corrected chi connectivity index (χ2v) is 7.44. The molecule has 2 saturated heterocycles. The van der Waals surface area contributed by atoms with Gasteiger partial charge in [0.1, 0.15) is 12.1 Å². The quantitative estimate of drug-likeness (QED) is 0.802. The fourth-order valence-electron chi connectivity index (χ4n) is 4.35. The Morgan fingerprint density at radius 1 is 1.23 bits per heavy atom. The summed E-state index contributed by atoms with van der Waals surface area (Å²) < 4.78 is 5.64. The molecule has 3 atom stereocenters. The molecule has 2 aliphatic heterocycles. The standard InChI is InChI=1S/C19H23N3O4/c1-12-9-21(10-13(2)26-12)16(23)11-22-17(24)19(20-18(22)25)8-7-14-5-3-4-6-15(14)19/h3-6,12-13H,7-11H2,1-2H3,(H,20,25)/t12-,13+,19-/m0/s1. The van der Waals surface area contributed by atoms with Crippen molar-refractivity contribution < 1.29 is 19.1 Å². The van der Waals surface area contributed by atoms with Gasteiger partial charge in [0.25, 0.3) is 5.91 Å². The number of rotatable bonds is 2. The van der Waals surface area contributed by atoms with Gasteiger partial charge in [-0.15, -0.1) is 0 Å². The maximum absolute atomic E-state index is 13.1. The lowest BCUT2D eigenvalue weighted by Crippen LogP contribution is -2.52. The molecule has 2 heterocycles. The van der Waals surface area contributed by atoms with Crippen LogP contribution in [-0.4, -0.2) is 59.5 Å². The third-order valence-corrected chi connectivity index (χ3v) is 5.49. The predicted octanol–water partition coefficient (Wildman–Crippen LogP) is 1.02. The molecule has 2 fully saturated rings. The molecule has 0 saturated carbocycles. The molecule has 1 aliphatic carbocycles. The fourth-order valence-corrected chi connectivity index (χ4v) is 4.35. The van der Waals surface area contributed by atoms with Crippen LogP contribution in [0.3, 0.4) is 0 Å². The van der Waals surface area contributed by atoms with Crippen LogP contribution in [0.15, 0.2) is 24.3 Å². The topological polar surface area (TPSA) is 79.0 Å². The van der Waals surface area contributed by atoms with Crippen LogP contribution in [0.25, 0.3) is 0 Å². The van der Waals surface area contributed by atoms with Crippen LogP contribution < -0.4 is 5.32 Å². The fraction of sp³-hybridized carbons (Fsp3) is 0.526. The highest BCUT2D eigenvalue weighted by Crippen LogP contribution is 2.41. The Balaban J connectivity index is 1.53. The van der Waals surface area contributed by atoms with Gasteiger partial charge < -0.3 is 15.0 Å². The van der Waals surface area contributed by atoms with Crippen molar-refractivity contribution in [3.8, 4) is 0 Å². The number of benzene rings is 1. The van der Waals surface area contributed by atoms with Gasteiger partial charge in [-0.05, 0) is 37.8 Å². The molecular weight excluding hydrogens is 334 g/mol. The van der Waals surface area contributed by atoms with Crippen LogP contribution in [0.2, 0.25) is 0 Å². The average Bonchev–Trinajstić information content (AvgIpc) is 3.08. The Hall–Kier alpha value is -2.41. The van der Waals surface area contributed by atoms with Crippen LogP contribution >= 0.6 is 0 Å². The van der Waals surface area contributed by atoms with Gasteiger partial charge in [-0.25, -0.2) is 4.79 Å². The zero-order chi connectivity index (χ0) is 18.5. The van der Waals surface area contributed by atoms with E-state index in [9.17, 15) is 14.4 Å². The van der Waals surface area contributed by atoms with E-state index in [4.69, 9.17) is 4.74 Å². The number of nitrogens with one attached hydrogen (secondary N) is 1. The van der Waals surface area contributed by atoms with Gasteiger partial charge in [-0.2, -0.15) is 0 Å². The number of hydrogen-bond acceptors (Lipinski definition) is 4. The number of morpholine rings is 1. The van der Waals surface area contributed by atoms with E-state index in [0.717, 1.165) is 22.4 Å². The van der Waals surface area contributed by atoms with Crippen molar-refractivity contribution in [1.29, 1.82) is 0 Å². The molecule has 4 rings (SSSR count). The SMILES string of the molecule is C[C@@H]1CN(C(=O)CN2C(=O)N[C@]3(CCc4ccccc43)C2=O)C[C@H](C)O1. The molecule has 138 valence electrons. The third kappa shape index (κ3) is 2.58. The monoisotopic (exact) mass is 357 g/mol. The predicted molar refractivity (Wildman–Crippen MR) is 93.3 cm³/mol. The smallest absolute Gasteiger partial charge is 0.325 e. The van der Waals surface area contributed by atoms with E-state index in [0.29, 0.717) is 19.5 Å². The minimum atomic E-state index is -1.01. The maximum atomic E-state index is 13.1. The molecular formula is C19H23N3O4. The van der Waals surface area contributed by atoms with Gasteiger partial charge in [-0.3, -0.25) is 14.5 Å². The van der Waals surface area contributed by atoms with Gasteiger partial charge in [0.15, 0.2) is 0 Å². The molecule has 0 radical (unpaired) electrons. The van der Waals surface area contributed by atoms with Crippen molar-refractivity contribution in [2.75, 3.05) is 19.6 Å². The summed E-state index contributed by atoms with van der Waals surface area (Å²) in [6.07, 6.45) is 1.16. The van der Waals surface area contributed by atoms with Crippen molar-refractivity contribution in [1.82, 2.24) is 15.1 Å². The highest BCUT2D eigenvalue weighted by atomic mass is 16.5. The molecule has 7 heteroatoms. The molecule has 26 heavy (non-hydrogen) atoms. The summed E-state index contributed by atoms with van der Waals surface area (Å²) in [4.78, 5) is 41.0. The van der Waals surface area contributed by atoms with Crippen molar-refractivity contribution >= 4 is 17.8 Å². The first kappa shape index (κ1) is 17.0. The largest absolute Gasteiger partial charge is 0.372 e. The zero-order valence-corrected chi connectivity index (χ0v) is 15.0. The summed E-state index contributed by atoms with van der Waals surface area (Å²) in [7, 11) is 0. The summed E-state index contributed by atoms with van der Waals surface area (Å²) >= 11 is 0. The van der Waals surface area contributed by atoms with Crippen LogP contribution in [0, 0.1) is 0 Å². The van der Waals surface area contributed by atoms with Gasteiger partial charge >= 0.3 is 6.03 Å². The number of ether oxygens (including phenoxy) is 1. The van der Waals surface area contributed by atoms with Gasteiger partial charge in [0.05, 0.1) is 12.2 Å². The molecule has 1 aromatic carbocycles. The molecule has 1 N–H and O–H groups in total. The van der Waals surface area contributed by atoms with E-state index >= 15 is 0 Å². The van der Waals surface area contributed by atoms with Crippen LogP contribution in [0.4, 0.5) is 4.79 Å². The third-order valence-electron chi connectivity index (χ3n) is 5.49. The normalized spacial score (nSPS) is 30.7. The van der Waals surface area contributed by atoms with E-state index in [1.54, 1.807) is 4.90 Å². The number of carbonyl (C=O) groups is 3. The number of nitrogens with zero attached hydrogens (tertiary/aromatic N) is 2. The van der Waals surface area contributed by atoms with E-state index in [-0.39, 0.29) is 30.6 Å². The Kier molecular flexibility index (Phi) is 3.99. The number of imide groups is 1. The molecule has 0 unspecified atom stereocenters. The second kappa shape index (κ2) is 6.09. The highest BCUT2D eigenvalue weighted by Gasteiger charge is 2.55. The Labute approximate surface area is 152 Å². The maximum Gasteiger partial charge on any atom is 0.325 e. The number of urea groups is 1. The number of hydrogen-bond donors (Lipinski definition) is 1. The molecule has 1 spiro atoms. The number of aryl methyl sites for hydroxylation is 1. The van der Waals surface area contributed by atoms with Crippen LogP contribution in [-0.2, 0) is 26.3 Å². The van der Waals surface area contributed by atoms with E-state index < -0.39 is 11.6 Å². The minimum Gasteiger partial charge on any atom is -0.372 e. The lowest BCUT2D eigenvalue weighted by molar-refractivity contribution is -0.146. The molecule has 3 aliphatic rings. The van der Waals surface area contributed by atoms with E-state index in [2.05, 4.69) is 5.32 Å². The number of fused-ring (bicyclic) bond motifs is 2. The van der Waals surface area contributed by atoms with E-state index in [1.165, 1.54) is 0 Å². The molecule has 0 aromatic heterocycles. The molecule has 1 aromatic rings. The van der Waals surface area contributed by atoms with Crippen molar-refractivity contribution in [3.63, 3.8) is 0 Å². The number of amides is 4. The number of carbonyl (C=O) groups excluding carboxylic acids is 3. The first-order valence-corrected chi connectivity index (χ1v) is 9.06. The molecule has 7 nitrogen and oxygen atoms in total. The van der Waals surface area contributed by atoms with Crippen LogP contribution in [0.5, 0.6) is 0 Å². The summed E-state index contributed by atoms with van der Waals surface area (Å²) in [5.74, 6) is -0.547. The Morgan fingerprint density at radius 2 is 1.92 bits per heavy atom. The first-order valence-electron chi connectivity index (χ1n) is 9.06. The molecule has 4 amide bonds. The lowest BCUT2D eigenvalue weighted by Gasteiger charge is -2.35. The Bertz CT molecular complexity index is 770. The van der Waals surface area contributed by atoms with Crippen molar-refractivity contribution in [3.05, 3.63) is 35.4 Å². The zero-order valence-electron chi connectivity index (χ0n) is 15.0. The second-order valence-electron chi connectivity index (χ2n) is 7.44.